The first-order chi connectivity index (χ1) is 12.0. The molecule has 7 heteroatoms. The molecule has 0 radical (unpaired) electrons. The van der Waals surface area contributed by atoms with Crippen LogP contribution in [0.1, 0.15) is 23.2 Å². The van der Waals surface area contributed by atoms with Crippen molar-refractivity contribution in [1.82, 2.24) is 4.98 Å². The lowest BCUT2D eigenvalue weighted by atomic mass is 10.1. The zero-order valence-corrected chi connectivity index (χ0v) is 16.2. The molecule has 25 heavy (non-hydrogen) atoms. The molecule has 132 valence electrons. The minimum atomic E-state index is -0.345. The van der Waals surface area contributed by atoms with Gasteiger partial charge in [-0.05, 0) is 43.4 Å². The van der Waals surface area contributed by atoms with E-state index < -0.39 is 0 Å². The molecule has 5 nitrogen and oxygen atoms in total. The van der Waals surface area contributed by atoms with Gasteiger partial charge in [0.25, 0.3) is 0 Å². The molecule has 2 aromatic rings. The van der Waals surface area contributed by atoms with E-state index in [4.69, 9.17) is 0 Å². The molecule has 1 aromatic heterocycles. The number of benzene rings is 1. The highest BCUT2D eigenvalue weighted by atomic mass is 32.2. The molecule has 3 rings (SSSR count). The van der Waals surface area contributed by atoms with Gasteiger partial charge < -0.3 is 10.2 Å². The quantitative estimate of drug-likeness (QED) is 0.867. The minimum absolute atomic E-state index is 0.00869. The molecule has 1 N–H and O–H groups in total. The first-order valence-electron chi connectivity index (χ1n) is 8.09. The lowest BCUT2D eigenvalue weighted by molar-refractivity contribution is -0.122. The predicted octanol–water partition coefficient (Wildman–Crippen LogP) is 3.61. The van der Waals surface area contributed by atoms with Gasteiger partial charge in [0.2, 0.25) is 11.8 Å². The number of amides is 2. The van der Waals surface area contributed by atoms with Gasteiger partial charge in [0, 0.05) is 29.8 Å². The first-order valence-corrected chi connectivity index (χ1v) is 10.4. The fourth-order valence-electron chi connectivity index (χ4n) is 2.81. The van der Waals surface area contributed by atoms with Crippen LogP contribution in [0, 0.1) is 19.8 Å². The Kier molecular flexibility index (Phi) is 5.44. The Hall–Kier alpha value is -1.86. The highest BCUT2D eigenvalue weighted by Crippen LogP contribution is 2.28. The van der Waals surface area contributed by atoms with E-state index in [1.807, 2.05) is 43.7 Å². The van der Waals surface area contributed by atoms with Crippen LogP contribution in [0.15, 0.2) is 23.6 Å². The summed E-state index contributed by atoms with van der Waals surface area (Å²) in [4.78, 5) is 31.0. The smallest absolute Gasteiger partial charge is 0.231 e. The van der Waals surface area contributed by atoms with E-state index in [2.05, 4.69) is 10.3 Å². The number of rotatable bonds is 5. The molecule has 1 atom stereocenters. The summed E-state index contributed by atoms with van der Waals surface area (Å²) in [5.41, 5.74) is 4.16. The van der Waals surface area contributed by atoms with Crippen LogP contribution < -0.4 is 10.2 Å². The minimum Gasteiger partial charge on any atom is -0.312 e. The van der Waals surface area contributed by atoms with E-state index >= 15 is 0 Å². The average Bonchev–Trinajstić information content (AvgIpc) is 3.17. The summed E-state index contributed by atoms with van der Waals surface area (Å²) in [7, 11) is 0. The first kappa shape index (κ1) is 17.9. The second-order valence-electron chi connectivity index (χ2n) is 6.24. The SMILES string of the molecule is CSCc1csc(NC(=O)C2CC(=O)N(c3ccc(C)c(C)c3)C2)n1. The van der Waals surface area contributed by atoms with Crippen LogP contribution in [0.25, 0.3) is 0 Å². The molecule has 0 spiro atoms. The molecule has 0 bridgehead atoms. The summed E-state index contributed by atoms with van der Waals surface area (Å²) in [6.45, 7) is 4.48. The molecule has 1 aliphatic heterocycles. The summed E-state index contributed by atoms with van der Waals surface area (Å²) < 4.78 is 0. The highest BCUT2D eigenvalue weighted by Gasteiger charge is 2.35. The second-order valence-corrected chi connectivity index (χ2v) is 7.96. The van der Waals surface area contributed by atoms with Gasteiger partial charge in [-0.25, -0.2) is 4.98 Å². The van der Waals surface area contributed by atoms with Crippen LogP contribution in [-0.4, -0.2) is 29.6 Å². The molecule has 1 aromatic carbocycles. The van der Waals surface area contributed by atoms with E-state index in [1.165, 1.54) is 16.9 Å². The van der Waals surface area contributed by atoms with Gasteiger partial charge in [-0.3, -0.25) is 9.59 Å². The van der Waals surface area contributed by atoms with Crippen molar-refractivity contribution in [2.24, 2.45) is 5.92 Å². The number of nitrogens with one attached hydrogen (secondary N) is 1. The number of carbonyl (C=O) groups is 2. The van der Waals surface area contributed by atoms with Gasteiger partial charge in [-0.2, -0.15) is 11.8 Å². The topological polar surface area (TPSA) is 62.3 Å². The van der Waals surface area contributed by atoms with E-state index in [9.17, 15) is 9.59 Å². The molecular weight excluding hydrogens is 354 g/mol. The van der Waals surface area contributed by atoms with Crippen molar-refractivity contribution in [3.63, 3.8) is 0 Å². The fraction of sp³-hybridized carbons (Fsp3) is 0.389. The summed E-state index contributed by atoms with van der Waals surface area (Å²) in [5, 5.41) is 5.41. The number of thiazole rings is 1. The Morgan fingerprint density at radius 1 is 1.40 bits per heavy atom. The zero-order valence-electron chi connectivity index (χ0n) is 14.5. The van der Waals surface area contributed by atoms with Gasteiger partial charge in [0.1, 0.15) is 0 Å². The van der Waals surface area contributed by atoms with Gasteiger partial charge in [0.15, 0.2) is 5.13 Å². The maximum absolute atomic E-state index is 12.5. The van der Waals surface area contributed by atoms with Crippen molar-refractivity contribution in [1.29, 1.82) is 0 Å². The van der Waals surface area contributed by atoms with Crippen LogP contribution in [0.3, 0.4) is 0 Å². The Morgan fingerprint density at radius 3 is 2.92 bits per heavy atom. The zero-order chi connectivity index (χ0) is 18.0. The van der Waals surface area contributed by atoms with Crippen LogP contribution >= 0.6 is 23.1 Å². The Morgan fingerprint density at radius 2 is 2.20 bits per heavy atom. The lowest BCUT2D eigenvalue weighted by Crippen LogP contribution is -2.28. The lowest BCUT2D eigenvalue weighted by Gasteiger charge is -2.17. The predicted molar refractivity (Wildman–Crippen MR) is 104 cm³/mol. The molecule has 0 aliphatic carbocycles. The van der Waals surface area contributed by atoms with E-state index in [1.54, 1.807) is 16.7 Å². The third kappa shape index (κ3) is 4.04. The second kappa shape index (κ2) is 7.58. The average molecular weight is 376 g/mol. The number of anilines is 2. The van der Waals surface area contributed by atoms with Crippen LogP contribution in [0.4, 0.5) is 10.8 Å². The molecule has 2 amide bonds. The third-order valence-corrected chi connectivity index (χ3v) is 5.76. The highest BCUT2D eigenvalue weighted by molar-refractivity contribution is 7.97. The Balaban J connectivity index is 1.66. The van der Waals surface area contributed by atoms with Crippen LogP contribution in [0.5, 0.6) is 0 Å². The summed E-state index contributed by atoms with van der Waals surface area (Å²) in [6, 6.07) is 5.95. The van der Waals surface area contributed by atoms with E-state index in [-0.39, 0.29) is 24.2 Å². The van der Waals surface area contributed by atoms with Crippen molar-refractivity contribution < 1.29 is 9.59 Å². The molecule has 1 fully saturated rings. The van der Waals surface area contributed by atoms with Crippen LogP contribution in [-0.2, 0) is 15.3 Å². The fourth-order valence-corrected chi connectivity index (χ4v) is 4.07. The van der Waals surface area contributed by atoms with Gasteiger partial charge in [-0.15, -0.1) is 11.3 Å². The van der Waals surface area contributed by atoms with Crippen molar-refractivity contribution in [3.05, 3.63) is 40.4 Å². The maximum atomic E-state index is 12.5. The number of nitrogens with zero attached hydrogens (tertiary/aromatic N) is 2. The maximum Gasteiger partial charge on any atom is 0.231 e. The molecule has 1 aliphatic rings. The monoisotopic (exact) mass is 375 g/mol. The van der Waals surface area contributed by atoms with Crippen molar-refractivity contribution >= 4 is 45.7 Å². The van der Waals surface area contributed by atoms with E-state index in [0.29, 0.717) is 11.7 Å². The van der Waals surface area contributed by atoms with E-state index in [0.717, 1.165) is 22.7 Å². The summed E-state index contributed by atoms with van der Waals surface area (Å²) in [5.74, 6) is 0.340. The number of aryl methyl sites for hydroxylation is 2. The van der Waals surface area contributed by atoms with Gasteiger partial charge in [0.05, 0.1) is 11.6 Å². The van der Waals surface area contributed by atoms with Gasteiger partial charge >= 0.3 is 0 Å². The summed E-state index contributed by atoms with van der Waals surface area (Å²) in [6.07, 6.45) is 2.25. The summed E-state index contributed by atoms with van der Waals surface area (Å²) >= 11 is 3.12. The number of aromatic nitrogens is 1. The normalized spacial score (nSPS) is 17.2. The number of hydrogen-bond acceptors (Lipinski definition) is 5. The Labute approximate surface area is 155 Å². The van der Waals surface area contributed by atoms with Crippen molar-refractivity contribution in [3.8, 4) is 0 Å². The number of thioether (sulfide) groups is 1. The molecule has 2 heterocycles. The molecular formula is C18H21N3O2S2. The standard InChI is InChI=1S/C18H21N3O2S2/c1-11-4-5-15(6-12(11)2)21-8-13(7-16(21)22)17(23)20-18-19-14(9-24-3)10-25-18/h4-6,10,13H,7-9H2,1-3H3,(H,19,20,23). The molecule has 1 unspecified atom stereocenters. The van der Waals surface area contributed by atoms with Crippen LogP contribution in [0.2, 0.25) is 0 Å². The van der Waals surface area contributed by atoms with Crippen molar-refractivity contribution in [2.45, 2.75) is 26.0 Å². The molecule has 0 saturated carbocycles. The number of hydrogen-bond donors (Lipinski definition) is 1. The third-order valence-electron chi connectivity index (χ3n) is 4.37. The van der Waals surface area contributed by atoms with Gasteiger partial charge in [-0.1, -0.05) is 6.07 Å². The molecule has 1 saturated heterocycles. The number of carbonyl (C=O) groups excluding carboxylic acids is 2. The Bertz CT molecular complexity index is 803. The van der Waals surface area contributed by atoms with Crippen molar-refractivity contribution in [2.75, 3.05) is 23.0 Å². The largest absolute Gasteiger partial charge is 0.312 e.